The second-order valence-corrected chi connectivity index (χ2v) is 10.7. The first-order valence-electron chi connectivity index (χ1n) is 12.7. The highest BCUT2D eigenvalue weighted by molar-refractivity contribution is 5.76. The molecule has 0 aromatic heterocycles. The summed E-state index contributed by atoms with van der Waals surface area (Å²) in [6.45, 7) is 8.36. The average molecular weight is 503 g/mol. The Morgan fingerprint density at radius 3 is 2.72 bits per heavy atom. The molecule has 9 nitrogen and oxygen atoms in total. The van der Waals surface area contributed by atoms with Crippen LogP contribution in [0, 0.1) is 22.7 Å². The summed E-state index contributed by atoms with van der Waals surface area (Å²) in [4.78, 5) is 25.3. The van der Waals surface area contributed by atoms with Crippen molar-refractivity contribution in [2.75, 3.05) is 19.9 Å². The van der Waals surface area contributed by atoms with E-state index in [9.17, 15) is 19.8 Å². The van der Waals surface area contributed by atoms with E-state index >= 15 is 0 Å². The molecule has 1 heterocycles. The van der Waals surface area contributed by atoms with E-state index in [2.05, 4.69) is 24.1 Å². The summed E-state index contributed by atoms with van der Waals surface area (Å²) in [5, 5.41) is 27.1. The van der Waals surface area contributed by atoms with Crippen molar-refractivity contribution >= 4 is 12.0 Å². The summed E-state index contributed by atoms with van der Waals surface area (Å²) in [6.07, 6.45) is 2.63. The monoisotopic (exact) mass is 502 g/mol. The molecule has 1 aliphatic heterocycles. The highest BCUT2D eigenvalue weighted by Crippen LogP contribution is 2.61. The predicted molar refractivity (Wildman–Crippen MR) is 132 cm³/mol. The molecule has 0 saturated heterocycles. The van der Waals surface area contributed by atoms with Crippen LogP contribution in [0.5, 0.6) is 11.5 Å². The lowest BCUT2D eigenvalue weighted by molar-refractivity contribution is -0.185. The average Bonchev–Trinajstić information content (AvgIpc) is 3.33. The van der Waals surface area contributed by atoms with E-state index in [1.54, 1.807) is 6.08 Å². The number of hydrogen-bond donors (Lipinski definition) is 4. The molecule has 0 unspecified atom stereocenters. The highest BCUT2D eigenvalue weighted by Gasteiger charge is 2.60. The van der Waals surface area contributed by atoms with Gasteiger partial charge >= 0.3 is 6.09 Å². The summed E-state index contributed by atoms with van der Waals surface area (Å²) >= 11 is 0. The summed E-state index contributed by atoms with van der Waals surface area (Å²) < 4.78 is 16.5. The Morgan fingerprint density at radius 2 is 1.97 bits per heavy atom. The van der Waals surface area contributed by atoms with Gasteiger partial charge in [-0.3, -0.25) is 4.79 Å². The molecule has 4 rings (SSSR count). The third-order valence-corrected chi connectivity index (χ3v) is 8.65. The SMILES string of the molecule is C=CCNC(=O)O[C@@H]1CC[C@]2(C)[C@H](CC[C@@H](O)[C@H]2CC(=O)NCc2ccc3c(c2)OCO3)[C@]1(C)CO. The Hall–Kier alpha value is -2.78. The van der Waals surface area contributed by atoms with E-state index in [4.69, 9.17) is 14.2 Å². The van der Waals surface area contributed by atoms with Gasteiger partial charge in [0, 0.05) is 24.9 Å². The molecule has 1 aromatic carbocycles. The molecule has 0 bridgehead atoms. The van der Waals surface area contributed by atoms with E-state index in [1.165, 1.54) is 0 Å². The minimum absolute atomic E-state index is 0.0176. The number of amides is 2. The second kappa shape index (κ2) is 10.7. The molecule has 36 heavy (non-hydrogen) atoms. The molecule has 2 amide bonds. The largest absolute Gasteiger partial charge is 0.454 e. The molecular formula is C27H38N2O7. The first kappa shape index (κ1) is 26.3. The minimum Gasteiger partial charge on any atom is -0.454 e. The second-order valence-electron chi connectivity index (χ2n) is 10.7. The van der Waals surface area contributed by atoms with Crippen molar-refractivity contribution in [1.82, 2.24) is 10.6 Å². The van der Waals surface area contributed by atoms with Gasteiger partial charge < -0.3 is 35.1 Å². The molecule has 9 heteroatoms. The van der Waals surface area contributed by atoms with E-state index in [0.717, 1.165) is 5.56 Å². The minimum atomic E-state index is -0.681. The van der Waals surface area contributed by atoms with Gasteiger partial charge in [-0.2, -0.15) is 0 Å². The number of benzene rings is 1. The fourth-order valence-corrected chi connectivity index (χ4v) is 6.63. The van der Waals surface area contributed by atoms with Crippen molar-refractivity contribution in [3.8, 4) is 11.5 Å². The summed E-state index contributed by atoms with van der Waals surface area (Å²) in [7, 11) is 0. The van der Waals surface area contributed by atoms with Crippen LogP contribution in [0.25, 0.3) is 0 Å². The number of nitrogens with one attached hydrogen (secondary N) is 2. The normalized spacial score (nSPS) is 32.8. The van der Waals surface area contributed by atoms with Gasteiger partial charge in [0.1, 0.15) is 6.10 Å². The fourth-order valence-electron chi connectivity index (χ4n) is 6.63. The zero-order valence-corrected chi connectivity index (χ0v) is 21.1. The lowest BCUT2D eigenvalue weighted by Gasteiger charge is -2.60. The lowest BCUT2D eigenvalue weighted by atomic mass is 9.46. The zero-order valence-electron chi connectivity index (χ0n) is 21.1. The molecule has 0 radical (unpaired) electrons. The Balaban J connectivity index is 1.43. The molecule has 4 N–H and O–H groups in total. The number of hydrogen-bond acceptors (Lipinski definition) is 7. The highest BCUT2D eigenvalue weighted by atomic mass is 16.7. The standard InChI is InChI=1S/C27H38N2O7/c1-4-11-28-25(33)36-23-9-10-26(2)18(19(31)6-8-22(26)27(23,3)15-30)13-24(32)29-14-17-5-7-20-21(12-17)35-16-34-20/h4-5,7,12,18-19,22-23,30-31H,1,6,8-11,13-16H2,2-3H3,(H,28,33)(H,29,32)/t18-,19-,22+,23-,26+,27+/m1/s1. The topological polar surface area (TPSA) is 126 Å². The third kappa shape index (κ3) is 5.04. The van der Waals surface area contributed by atoms with Gasteiger partial charge in [0.05, 0.1) is 12.7 Å². The van der Waals surface area contributed by atoms with E-state index in [-0.39, 0.29) is 43.0 Å². The van der Waals surface area contributed by atoms with Gasteiger partial charge in [-0.15, -0.1) is 6.58 Å². The fraction of sp³-hybridized carbons (Fsp3) is 0.630. The molecule has 198 valence electrons. The van der Waals surface area contributed by atoms with Gasteiger partial charge in [-0.1, -0.05) is 26.0 Å². The van der Waals surface area contributed by atoms with E-state index < -0.39 is 23.7 Å². The van der Waals surface area contributed by atoms with Crippen LogP contribution in [0.2, 0.25) is 0 Å². The molecule has 3 aliphatic rings. The molecule has 2 aliphatic carbocycles. The summed E-state index contributed by atoms with van der Waals surface area (Å²) in [5.41, 5.74) is -0.163. The maximum atomic E-state index is 13.0. The lowest BCUT2D eigenvalue weighted by Crippen LogP contribution is -2.61. The van der Waals surface area contributed by atoms with Crippen LogP contribution in [0.3, 0.4) is 0 Å². The number of fused-ring (bicyclic) bond motifs is 2. The molecule has 6 atom stereocenters. The van der Waals surface area contributed by atoms with Crippen LogP contribution >= 0.6 is 0 Å². The van der Waals surface area contributed by atoms with Crippen LogP contribution in [0.1, 0.15) is 51.5 Å². The first-order valence-corrected chi connectivity index (χ1v) is 12.7. The Bertz CT molecular complexity index is 985. The molecule has 1 aromatic rings. The first-order chi connectivity index (χ1) is 17.2. The van der Waals surface area contributed by atoms with Crippen molar-refractivity contribution in [3.05, 3.63) is 36.4 Å². The molecule has 2 saturated carbocycles. The van der Waals surface area contributed by atoms with Crippen LogP contribution in [-0.4, -0.2) is 54.4 Å². The number of carbonyl (C=O) groups is 2. The molecule has 2 fully saturated rings. The number of carbonyl (C=O) groups excluding carboxylic acids is 2. The maximum absolute atomic E-state index is 13.0. The third-order valence-electron chi connectivity index (χ3n) is 8.65. The molecular weight excluding hydrogens is 464 g/mol. The van der Waals surface area contributed by atoms with Gasteiger partial charge in [-0.05, 0) is 60.6 Å². The Labute approximate surface area is 212 Å². The van der Waals surface area contributed by atoms with Crippen LogP contribution in [-0.2, 0) is 16.1 Å². The number of rotatable bonds is 8. The molecule has 0 spiro atoms. The smallest absolute Gasteiger partial charge is 0.407 e. The van der Waals surface area contributed by atoms with Crippen LogP contribution in [0.15, 0.2) is 30.9 Å². The van der Waals surface area contributed by atoms with Crippen molar-refractivity contribution in [1.29, 1.82) is 0 Å². The predicted octanol–water partition coefficient (Wildman–Crippen LogP) is 2.89. The van der Waals surface area contributed by atoms with Crippen LogP contribution < -0.4 is 20.1 Å². The summed E-state index contributed by atoms with van der Waals surface area (Å²) in [6, 6.07) is 5.57. The van der Waals surface area contributed by atoms with Crippen molar-refractivity contribution in [2.24, 2.45) is 22.7 Å². The van der Waals surface area contributed by atoms with Gasteiger partial charge in [0.2, 0.25) is 12.7 Å². The van der Waals surface area contributed by atoms with Crippen molar-refractivity contribution < 1.29 is 34.0 Å². The Kier molecular flexibility index (Phi) is 7.80. The van der Waals surface area contributed by atoms with Crippen molar-refractivity contribution in [3.63, 3.8) is 0 Å². The van der Waals surface area contributed by atoms with Gasteiger partial charge in [0.15, 0.2) is 11.5 Å². The number of aliphatic hydroxyl groups is 2. The number of ether oxygens (including phenoxy) is 3. The zero-order chi connectivity index (χ0) is 25.9. The van der Waals surface area contributed by atoms with E-state index in [1.807, 2.05) is 25.1 Å². The van der Waals surface area contributed by atoms with Gasteiger partial charge in [0.25, 0.3) is 0 Å². The number of alkyl carbamates (subject to hydrolysis) is 1. The van der Waals surface area contributed by atoms with Gasteiger partial charge in [-0.25, -0.2) is 4.79 Å². The van der Waals surface area contributed by atoms with Crippen LogP contribution in [0.4, 0.5) is 4.79 Å². The number of aliphatic hydroxyl groups excluding tert-OH is 2. The quantitative estimate of drug-likeness (QED) is 0.403. The van der Waals surface area contributed by atoms with Crippen molar-refractivity contribution in [2.45, 2.75) is 64.7 Å². The summed E-state index contributed by atoms with van der Waals surface area (Å²) in [5.74, 6) is 0.941. The maximum Gasteiger partial charge on any atom is 0.407 e. The van der Waals surface area contributed by atoms with E-state index in [0.29, 0.717) is 50.3 Å². The Morgan fingerprint density at radius 1 is 1.19 bits per heavy atom.